The minimum atomic E-state index is -3.59. The number of nitrogens with zero attached hydrogens (tertiary/aromatic N) is 2. The Morgan fingerprint density at radius 1 is 1.00 bits per heavy atom. The van der Waals surface area contributed by atoms with Gasteiger partial charge in [0.05, 0.1) is 30.2 Å². The first-order valence-corrected chi connectivity index (χ1v) is 12.1. The number of anilines is 1. The molecule has 2 heterocycles. The first-order chi connectivity index (χ1) is 15.3. The number of carbonyl (C=O) groups excluding carboxylic acids is 2. The van der Waals surface area contributed by atoms with E-state index in [9.17, 15) is 18.0 Å². The predicted octanol–water partition coefficient (Wildman–Crippen LogP) is 2.42. The number of benzene rings is 2. The zero-order valence-corrected chi connectivity index (χ0v) is 19.1. The van der Waals surface area contributed by atoms with E-state index < -0.39 is 16.1 Å². The molecule has 0 spiro atoms. The van der Waals surface area contributed by atoms with Crippen molar-refractivity contribution in [3.05, 3.63) is 53.6 Å². The molecule has 2 fully saturated rings. The van der Waals surface area contributed by atoms with Gasteiger partial charge in [0.15, 0.2) is 0 Å². The maximum atomic E-state index is 12.9. The second kappa shape index (κ2) is 9.19. The number of nitrogens with one attached hydrogen (secondary N) is 1. The minimum Gasteiger partial charge on any atom is -0.497 e. The van der Waals surface area contributed by atoms with E-state index in [1.165, 1.54) is 21.3 Å². The number of hydrogen-bond acceptors (Lipinski definition) is 6. The number of ether oxygens (including phenoxy) is 1. The highest BCUT2D eigenvalue weighted by Gasteiger charge is 2.41. The van der Waals surface area contributed by atoms with Gasteiger partial charge in [-0.3, -0.25) is 9.59 Å². The van der Waals surface area contributed by atoms with Crippen LogP contribution < -0.4 is 15.0 Å². The number of carbonyl (C=O) groups is 2. The lowest BCUT2D eigenvalue weighted by atomic mass is 10.1. The van der Waals surface area contributed by atoms with E-state index in [-0.39, 0.29) is 29.2 Å². The summed E-state index contributed by atoms with van der Waals surface area (Å²) in [6, 6.07) is 12.2. The van der Waals surface area contributed by atoms with Gasteiger partial charge in [-0.05, 0) is 61.4 Å². The largest absolute Gasteiger partial charge is 0.497 e. The van der Waals surface area contributed by atoms with Gasteiger partial charge in [0.1, 0.15) is 5.75 Å². The van der Waals surface area contributed by atoms with Crippen LogP contribution in [0.25, 0.3) is 0 Å². The average molecular weight is 478 g/mol. The van der Waals surface area contributed by atoms with Gasteiger partial charge in [0.25, 0.3) is 5.91 Å². The molecular weight excluding hydrogens is 454 g/mol. The number of sulfonamides is 1. The van der Waals surface area contributed by atoms with Crippen LogP contribution in [0.5, 0.6) is 5.75 Å². The number of methoxy groups -OCH3 is 1. The third kappa shape index (κ3) is 4.52. The zero-order valence-electron chi connectivity index (χ0n) is 17.5. The van der Waals surface area contributed by atoms with Crippen molar-refractivity contribution in [2.45, 2.75) is 36.2 Å². The lowest BCUT2D eigenvalue weighted by Gasteiger charge is -2.32. The fraction of sp³-hybridized carbons (Fsp3) is 0.364. The summed E-state index contributed by atoms with van der Waals surface area (Å²) in [4.78, 5) is 26.8. The Bertz CT molecular complexity index is 1100. The molecule has 0 radical (unpaired) electrons. The van der Waals surface area contributed by atoms with Crippen LogP contribution in [0.2, 0.25) is 5.02 Å². The van der Waals surface area contributed by atoms with E-state index in [1.807, 2.05) is 0 Å². The number of rotatable bonds is 6. The van der Waals surface area contributed by atoms with E-state index >= 15 is 0 Å². The summed E-state index contributed by atoms with van der Waals surface area (Å²) >= 11 is 5.86. The monoisotopic (exact) mass is 477 g/mol. The molecule has 2 aromatic carbocycles. The second-order valence-corrected chi connectivity index (χ2v) is 10.2. The topological polar surface area (TPSA) is 96.0 Å². The molecular formula is C22H24ClN3O5S. The average Bonchev–Trinajstić information content (AvgIpc) is 3.07. The van der Waals surface area contributed by atoms with Gasteiger partial charge < -0.3 is 10.1 Å². The summed E-state index contributed by atoms with van der Waals surface area (Å²) in [5.74, 6) is 0.0830. The molecule has 2 aliphatic heterocycles. The highest BCUT2D eigenvalue weighted by Crippen LogP contribution is 2.27. The molecule has 0 bridgehead atoms. The maximum absolute atomic E-state index is 12.9. The predicted molar refractivity (Wildman–Crippen MR) is 120 cm³/mol. The number of amides is 2. The molecule has 1 atom stereocenters. The number of halogens is 1. The molecule has 10 heteroatoms. The molecule has 2 aliphatic rings. The summed E-state index contributed by atoms with van der Waals surface area (Å²) in [7, 11) is -2.04. The van der Waals surface area contributed by atoms with Crippen LogP contribution in [-0.2, 0) is 19.6 Å². The molecule has 32 heavy (non-hydrogen) atoms. The summed E-state index contributed by atoms with van der Waals surface area (Å²) in [6.07, 6.45) is 1.18. The van der Waals surface area contributed by atoms with Crippen LogP contribution in [0.1, 0.15) is 19.3 Å². The van der Waals surface area contributed by atoms with Crippen molar-refractivity contribution in [3.63, 3.8) is 0 Å². The Labute approximate surface area is 192 Å². The van der Waals surface area contributed by atoms with Gasteiger partial charge in [-0.25, -0.2) is 13.3 Å². The highest BCUT2D eigenvalue weighted by molar-refractivity contribution is 7.89. The molecule has 2 saturated heterocycles. The number of piperidine rings is 1. The van der Waals surface area contributed by atoms with E-state index in [4.69, 9.17) is 16.3 Å². The van der Waals surface area contributed by atoms with Crippen molar-refractivity contribution in [3.8, 4) is 5.75 Å². The Balaban J connectivity index is 1.36. The van der Waals surface area contributed by atoms with Crippen LogP contribution in [0.4, 0.5) is 5.69 Å². The van der Waals surface area contributed by atoms with Crippen molar-refractivity contribution >= 4 is 39.1 Å². The molecule has 1 N–H and O–H groups in total. The van der Waals surface area contributed by atoms with E-state index in [2.05, 4.69) is 5.32 Å². The van der Waals surface area contributed by atoms with Crippen molar-refractivity contribution in [2.24, 2.45) is 0 Å². The van der Waals surface area contributed by atoms with Gasteiger partial charge in [0.2, 0.25) is 15.9 Å². The lowest BCUT2D eigenvalue weighted by Crippen LogP contribution is -2.49. The molecule has 0 aromatic heterocycles. The first-order valence-electron chi connectivity index (χ1n) is 10.3. The Morgan fingerprint density at radius 2 is 1.62 bits per heavy atom. The van der Waals surface area contributed by atoms with Crippen molar-refractivity contribution < 1.29 is 22.7 Å². The van der Waals surface area contributed by atoms with Crippen LogP contribution in [0.3, 0.4) is 0 Å². The number of hydrogen-bond donors (Lipinski definition) is 1. The summed E-state index contributed by atoms with van der Waals surface area (Å²) in [5.41, 5.74) is 0.508. The standard InChI is InChI=1S/C22H24ClN3O5S/c1-31-18-6-4-17(5-7-18)26-21(27)14-20(22(26)28)24-16-10-12-25(13-11-16)32(29,30)19-8-2-15(23)3-9-19/h2-9,16,20,24H,10-14H2,1H3/t20-/m0/s1. The van der Waals surface area contributed by atoms with E-state index in [0.29, 0.717) is 42.4 Å². The molecule has 0 aliphatic carbocycles. The number of imide groups is 1. The van der Waals surface area contributed by atoms with Crippen LogP contribution in [-0.4, -0.2) is 56.8 Å². The molecule has 2 aromatic rings. The van der Waals surface area contributed by atoms with Gasteiger partial charge in [-0.15, -0.1) is 0 Å². The van der Waals surface area contributed by atoms with Gasteiger partial charge in [-0.1, -0.05) is 11.6 Å². The van der Waals surface area contributed by atoms with Gasteiger partial charge >= 0.3 is 0 Å². The Kier molecular flexibility index (Phi) is 6.52. The van der Waals surface area contributed by atoms with Crippen molar-refractivity contribution in [1.29, 1.82) is 0 Å². The molecule has 8 nitrogen and oxygen atoms in total. The summed E-state index contributed by atoms with van der Waals surface area (Å²) in [5, 5.41) is 3.74. The lowest BCUT2D eigenvalue weighted by molar-refractivity contribution is -0.121. The van der Waals surface area contributed by atoms with Crippen LogP contribution in [0.15, 0.2) is 53.4 Å². The van der Waals surface area contributed by atoms with E-state index in [0.717, 1.165) is 0 Å². The maximum Gasteiger partial charge on any atom is 0.251 e. The van der Waals surface area contributed by atoms with E-state index in [1.54, 1.807) is 43.5 Å². The summed E-state index contributed by atoms with van der Waals surface area (Å²) in [6.45, 7) is 0.666. The fourth-order valence-corrected chi connectivity index (χ4v) is 5.66. The molecule has 0 unspecified atom stereocenters. The van der Waals surface area contributed by atoms with Crippen LogP contribution in [0, 0.1) is 0 Å². The SMILES string of the molecule is COc1ccc(N2C(=O)C[C@H](NC3CCN(S(=O)(=O)c4ccc(Cl)cc4)CC3)C2=O)cc1. The second-order valence-electron chi connectivity index (χ2n) is 7.82. The normalized spacial score (nSPS) is 20.7. The fourth-order valence-electron chi connectivity index (χ4n) is 4.07. The quantitative estimate of drug-likeness (QED) is 0.642. The van der Waals surface area contributed by atoms with Crippen LogP contribution >= 0.6 is 11.6 Å². The summed E-state index contributed by atoms with van der Waals surface area (Å²) < 4.78 is 32.2. The smallest absolute Gasteiger partial charge is 0.251 e. The van der Waals surface area contributed by atoms with Gasteiger partial charge in [-0.2, -0.15) is 4.31 Å². The zero-order chi connectivity index (χ0) is 22.9. The van der Waals surface area contributed by atoms with Crippen molar-refractivity contribution in [1.82, 2.24) is 9.62 Å². The minimum absolute atomic E-state index is 0.0516. The van der Waals surface area contributed by atoms with Gasteiger partial charge in [0, 0.05) is 24.2 Å². The molecule has 170 valence electrons. The third-order valence-electron chi connectivity index (χ3n) is 5.82. The first kappa shape index (κ1) is 22.7. The Hall–Kier alpha value is -2.46. The highest BCUT2D eigenvalue weighted by atomic mass is 35.5. The third-order valence-corrected chi connectivity index (χ3v) is 7.98. The molecule has 0 saturated carbocycles. The Morgan fingerprint density at radius 3 is 2.22 bits per heavy atom. The molecule has 2 amide bonds. The molecule has 4 rings (SSSR count). The van der Waals surface area contributed by atoms with Crippen molar-refractivity contribution in [2.75, 3.05) is 25.1 Å².